The summed E-state index contributed by atoms with van der Waals surface area (Å²) in [4.78, 5) is 9.32. The summed E-state index contributed by atoms with van der Waals surface area (Å²) in [5, 5.41) is 6.79. The summed E-state index contributed by atoms with van der Waals surface area (Å²) in [6.07, 6.45) is 0. The SMILES string of the molecule is CN(CO[P+](=O)O)C(=N)N. The molecule has 0 aliphatic rings. The molecule has 0 aromatic carbocycles. The molecule has 0 saturated carbocycles. The smallest absolute Gasteiger partial charge is 0.370 e. The van der Waals surface area contributed by atoms with Gasteiger partial charge in [0.05, 0.1) is 0 Å². The summed E-state index contributed by atoms with van der Waals surface area (Å²) in [6, 6.07) is 0. The third-order valence-electron chi connectivity index (χ3n) is 0.773. The van der Waals surface area contributed by atoms with Gasteiger partial charge in [-0.3, -0.25) is 5.41 Å². The molecule has 0 aromatic rings. The van der Waals surface area contributed by atoms with Gasteiger partial charge >= 0.3 is 8.25 Å². The van der Waals surface area contributed by atoms with Crippen LogP contribution in [-0.2, 0) is 9.09 Å². The average molecular weight is 166 g/mol. The molecular weight excluding hydrogens is 157 g/mol. The predicted molar refractivity (Wildman–Crippen MR) is 35.5 cm³/mol. The van der Waals surface area contributed by atoms with Crippen molar-refractivity contribution in [2.24, 2.45) is 5.73 Å². The zero-order valence-corrected chi connectivity index (χ0v) is 6.34. The van der Waals surface area contributed by atoms with E-state index in [0.717, 1.165) is 0 Å². The first-order chi connectivity index (χ1) is 4.54. The molecule has 7 heteroatoms. The minimum absolute atomic E-state index is 0.152. The standard InChI is InChI=1S/C3H8N3O3P/c1-6(3(4)5)2-9-10(7)8/h2H2,1H3,(H3-,4,5,7,8)/p+1. The van der Waals surface area contributed by atoms with Gasteiger partial charge in [-0.05, 0) is 0 Å². The summed E-state index contributed by atoms with van der Waals surface area (Å²) in [5.74, 6) is -0.211. The number of nitrogens with one attached hydrogen (secondary N) is 1. The number of nitrogens with two attached hydrogens (primary N) is 1. The van der Waals surface area contributed by atoms with Gasteiger partial charge in [-0.15, -0.1) is 4.89 Å². The molecular formula is C3H9N3O3P+. The number of guanidine groups is 1. The van der Waals surface area contributed by atoms with Crippen LogP contribution in [0.15, 0.2) is 0 Å². The molecule has 0 saturated heterocycles. The molecule has 0 amide bonds. The molecule has 0 spiro atoms. The second-order valence-corrected chi connectivity index (χ2v) is 2.31. The summed E-state index contributed by atoms with van der Waals surface area (Å²) >= 11 is 0. The van der Waals surface area contributed by atoms with E-state index in [1.54, 1.807) is 0 Å². The van der Waals surface area contributed by atoms with Crippen molar-refractivity contribution in [1.82, 2.24) is 4.90 Å². The normalized spacial score (nSPS) is 10.8. The lowest BCUT2D eigenvalue weighted by molar-refractivity contribution is 0.199. The van der Waals surface area contributed by atoms with Crippen molar-refractivity contribution in [2.45, 2.75) is 0 Å². The molecule has 0 aliphatic heterocycles. The predicted octanol–water partition coefficient (Wildman–Crippen LogP) is -0.565. The van der Waals surface area contributed by atoms with Crippen LogP contribution in [0.4, 0.5) is 0 Å². The van der Waals surface area contributed by atoms with Crippen LogP contribution in [0.1, 0.15) is 0 Å². The van der Waals surface area contributed by atoms with Gasteiger partial charge in [0.15, 0.2) is 12.7 Å². The molecule has 0 rings (SSSR count). The Hall–Kier alpha value is -0.710. The quantitative estimate of drug-likeness (QED) is 0.226. The molecule has 1 unspecified atom stereocenters. The van der Waals surface area contributed by atoms with Crippen LogP contribution in [0.5, 0.6) is 0 Å². The fraction of sp³-hybridized carbons (Fsp3) is 0.667. The van der Waals surface area contributed by atoms with E-state index in [1.165, 1.54) is 11.9 Å². The highest BCUT2D eigenvalue weighted by molar-refractivity contribution is 7.32. The Bertz CT molecular complexity index is 150. The number of nitrogens with zero attached hydrogens (tertiary/aromatic N) is 1. The fourth-order valence-corrected chi connectivity index (χ4v) is 0.478. The Morgan fingerprint density at radius 3 is 2.80 bits per heavy atom. The topological polar surface area (TPSA) is 99.6 Å². The zero-order valence-electron chi connectivity index (χ0n) is 5.44. The van der Waals surface area contributed by atoms with Crippen LogP contribution in [0.2, 0.25) is 0 Å². The molecule has 6 nitrogen and oxygen atoms in total. The minimum Gasteiger partial charge on any atom is -0.370 e. The Morgan fingerprint density at radius 1 is 2.00 bits per heavy atom. The molecule has 0 aliphatic carbocycles. The van der Waals surface area contributed by atoms with E-state index in [1.807, 2.05) is 0 Å². The van der Waals surface area contributed by atoms with Crippen molar-refractivity contribution in [1.29, 1.82) is 5.41 Å². The van der Waals surface area contributed by atoms with E-state index in [9.17, 15) is 4.57 Å². The van der Waals surface area contributed by atoms with E-state index >= 15 is 0 Å². The van der Waals surface area contributed by atoms with E-state index in [2.05, 4.69) is 4.52 Å². The summed E-state index contributed by atoms with van der Waals surface area (Å²) in [7, 11) is -1.13. The lowest BCUT2D eigenvalue weighted by Gasteiger charge is -2.10. The van der Waals surface area contributed by atoms with Crippen LogP contribution in [0.3, 0.4) is 0 Å². The van der Waals surface area contributed by atoms with E-state index < -0.39 is 8.25 Å². The van der Waals surface area contributed by atoms with Gasteiger partial charge in [-0.1, -0.05) is 4.52 Å². The zero-order chi connectivity index (χ0) is 8.15. The van der Waals surface area contributed by atoms with Crippen molar-refractivity contribution in [3.05, 3.63) is 0 Å². The molecule has 0 aromatic heterocycles. The molecule has 0 radical (unpaired) electrons. The highest BCUT2D eigenvalue weighted by Crippen LogP contribution is 2.13. The summed E-state index contributed by atoms with van der Waals surface area (Å²) in [6.45, 7) is -0.152. The Balaban J connectivity index is 3.49. The maximum absolute atomic E-state index is 9.91. The van der Waals surface area contributed by atoms with Crippen molar-refractivity contribution in [3.8, 4) is 0 Å². The van der Waals surface area contributed by atoms with Crippen LogP contribution in [0, 0.1) is 5.41 Å². The Labute approximate surface area is 59.0 Å². The largest absolute Gasteiger partial charge is 0.696 e. The Kier molecular flexibility index (Phi) is 3.87. The maximum Gasteiger partial charge on any atom is 0.696 e. The van der Waals surface area contributed by atoms with Gasteiger partial charge in [0.1, 0.15) is 0 Å². The van der Waals surface area contributed by atoms with Crippen molar-refractivity contribution >= 4 is 14.2 Å². The van der Waals surface area contributed by atoms with Crippen molar-refractivity contribution < 1.29 is 14.0 Å². The molecule has 4 N–H and O–H groups in total. The molecule has 0 fully saturated rings. The molecule has 0 heterocycles. The van der Waals surface area contributed by atoms with E-state index in [4.69, 9.17) is 16.0 Å². The molecule has 10 heavy (non-hydrogen) atoms. The first-order valence-electron chi connectivity index (χ1n) is 2.38. The van der Waals surface area contributed by atoms with Crippen LogP contribution < -0.4 is 5.73 Å². The van der Waals surface area contributed by atoms with Crippen molar-refractivity contribution in [2.75, 3.05) is 13.8 Å². The van der Waals surface area contributed by atoms with Crippen LogP contribution in [-0.4, -0.2) is 29.5 Å². The van der Waals surface area contributed by atoms with E-state index in [-0.39, 0.29) is 12.7 Å². The lowest BCUT2D eigenvalue weighted by atomic mass is 10.8. The third kappa shape index (κ3) is 4.20. The van der Waals surface area contributed by atoms with Crippen LogP contribution in [0.25, 0.3) is 0 Å². The Morgan fingerprint density at radius 2 is 2.50 bits per heavy atom. The fourth-order valence-electron chi connectivity index (χ4n) is 0.206. The van der Waals surface area contributed by atoms with E-state index in [0.29, 0.717) is 0 Å². The number of hydrogen-bond acceptors (Lipinski definition) is 3. The maximum atomic E-state index is 9.91. The monoisotopic (exact) mass is 166 g/mol. The second-order valence-electron chi connectivity index (χ2n) is 1.58. The van der Waals surface area contributed by atoms with Gasteiger partial charge in [0, 0.05) is 11.6 Å². The number of hydrogen-bond donors (Lipinski definition) is 3. The number of rotatable bonds is 3. The minimum atomic E-state index is -2.60. The molecule has 58 valence electrons. The lowest BCUT2D eigenvalue weighted by Crippen LogP contribution is -2.33. The van der Waals surface area contributed by atoms with Gasteiger partial charge < -0.3 is 10.6 Å². The van der Waals surface area contributed by atoms with Gasteiger partial charge in [-0.25, -0.2) is 0 Å². The summed E-state index contributed by atoms with van der Waals surface area (Å²) in [5.41, 5.74) is 4.97. The van der Waals surface area contributed by atoms with Gasteiger partial charge in [-0.2, -0.15) is 0 Å². The highest BCUT2D eigenvalue weighted by Gasteiger charge is 2.13. The average Bonchev–Trinajstić information content (AvgIpc) is 1.82. The summed E-state index contributed by atoms with van der Waals surface area (Å²) < 4.78 is 14.1. The highest BCUT2D eigenvalue weighted by atomic mass is 31.1. The van der Waals surface area contributed by atoms with Crippen molar-refractivity contribution in [3.63, 3.8) is 0 Å². The second kappa shape index (κ2) is 4.16. The first kappa shape index (κ1) is 9.29. The molecule has 1 atom stereocenters. The van der Waals surface area contributed by atoms with Crippen LogP contribution >= 0.6 is 8.25 Å². The third-order valence-corrected chi connectivity index (χ3v) is 1.11. The van der Waals surface area contributed by atoms with Gasteiger partial charge in [0.2, 0.25) is 0 Å². The first-order valence-corrected chi connectivity index (χ1v) is 3.51. The molecule has 0 bridgehead atoms. The van der Waals surface area contributed by atoms with Gasteiger partial charge in [0.25, 0.3) is 0 Å².